The van der Waals surface area contributed by atoms with Crippen molar-refractivity contribution in [1.82, 2.24) is 4.90 Å². The molecule has 4 rings (SSSR count). The summed E-state index contributed by atoms with van der Waals surface area (Å²) in [5, 5.41) is 9.89. The van der Waals surface area contributed by atoms with E-state index in [2.05, 4.69) is 0 Å². The Balaban J connectivity index is 1.48. The van der Waals surface area contributed by atoms with E-state index >= 15 is 0 Å². The lowest BCUT2D eigenvalue weighted by atomic mass is 9.92. The first-order valence-corrected chi connectivity index (χ1v) is 9.19. The normalized spacial score (nSPS) is 21.9. The van der Waals surface area contributed by atoms with E-state index < -0.39 is 30.8 Å². The lowest BCUT2D eigenvalue weighted by Gasteiger charge is -2.39. The highest BCUT2D eigenvalue weighted by Crippen LogP contribution is 2.44. The number of piperidine rings is 1. The van der Waals surface area contributed by atoms with Crippen LogP contribution in [0.4, 0.5) is 18.0 Å². The molecule has 0 spiro atoms. The lowest BCUT2D eigenvalue weighted by molar-refractivity contribution is -0.271. The minimum absolute atomic E-state index is 0.0355. The molecule has 1 aliphatic carbocycles. The molecule has 4 nitrogen and oxygen atoms in total. The van der Waals surface area contributed by atoms with Crippen LogP contribution >= 0.6 is 0 Å². The maximum absolute atomic E-state index is 13.1. The van der Waals surface area contributed by atoms with Gasteiger partial charge in [-0.2, -0.15) is 13.2 Å². The van der Waals surface area contributed by atoms with Gasteiger partial charge in [0, 0.05) is 12.5 Å². The van der Waals surface area contributed by atoms with Gasteiger partial charge in [-0.15, -0.1) is 0 Å². The van der Waals surface area contributed by atoms with Gasteiger partial charge in [0.25, 0.3) is 0 Å². The van der Waals surface area contributed by atoms with Gasteiger partial charge in [-0.1, -0.05) is 48.5 Å². The molecule has 1 amide bonds. The SMILES string of the molecule is O=C(OCC1c2ccccc2-c2ccccc21)N1CCCC(O)(C(F)(F)F)C1. The molecule has 28 heavy (non-hydrogen) atoms. The maximum Gasteiger partial charge on any atom is 0.418 e. The van der Waals surface area contributed by atoms with E-state index in [1.807, 2.05) is 48.5 Å². The van der Waals surface area contributed by atoms with E-state index in [0.29, 0.717) is 0 Å². The van der Waals surface area contributed by atoms with Crippen LogP contribution in [-0.4, -0.2) is 47.6 Å². The number of hydrogen-bond donors (Lipinski definition) is 1. The van der Waals surface area contributed by atoms with Gasteiger partial charge in [-0.3, -0.25) is 0 Å². The number of nitrogens with zero attached hydrogens (tertiary/aromatic N) is 1. The predicted octanol–water partition coefficient (Wildman–Crippen LogP) is 4.32. The number of halogens is 3. The van der Waals surface area contributed by atoms with Crippen molar-refractivity contribution in [3.63, 3.8) is 0 Å². The third-order valence-corrected chi connectivity index (χ3v) is 5.59. The van der Waals surface area contributed by atoms with Gasteiger partial charge in [-0.05, 0) is 35.1 Å². The number of carbonyl (C=O) groups is 1. The monoisotopic (exact) mass is 391 g/mol. The molecule has 0 radical (unpaired) electrons. The summed E-state index contributed by atoms with van der Waals surface area (Å²) in [5.74, 6) is -0.164. The zero-order chi connectivity index (χ0) is 19.9. The Morgan fingerprint density at radius 3 is 2.25 bits per heavy atom. The molecule has 2 aromatic carbocycles. The summed E-state index contributed by atoms with van der Waals surface area (Å²) >= 11 is 0. The molecule has 0 aromatic heterocycles. The van der Waals surface area contributed by atoms with Crippen molar-refractivity contribution in [2.45, 2.75) is 30.5 Å². The summed E-state index contributed by atoms with van der Waals surface area (Å²) < 4.78 is 44.7. The average Bonchev–Trinajstić information content (AvgIpc) is 2.99. The molecule has 148 valence electrons. The zero-order valence-corrected chi connectivity index (χ0v) is 15.1. The van der Waals surface area contributed by atoms with Crippen molar-refractivity contribution in [3.8, 4) is 11.1 Å². The fraction of sp³-hybridized carbons (Fsp3) is 0.381. The van der Waals surface area contributed by atoms with Crippen LogP contribution in [-0.2, 0) is 4.74 Å². The molecular formula is C21H20F3NO3. The molecule has 7 heteroatoms. The second-order valence-corrected chi connectivity index (χ2v) is 7.36. The molecule has 1 unspecified atom stereocenters. The fourth-order valence-corrected chi connectivity index (χ4v) is 4.11. The van der Waals surface area contributed by atoms with E-state index in [9.17, 15) is 23.1 Å². The molecule has 2 aromatic rings. The molecule has 1 atom stereocenters. The zero-order valence-electron chi connectivity index (χ0n) is 15.1. The van der Waals surface area contributed by atoms with E-state index in [0.717, 1.165) is 27.2 Å². The molecule has 1 heterocycles. The third kappa shape index (κ3) is 3.13. The average molecular weight is 391 g/mol. The second kappa shape index (κ2) is 6.81. The van der Waals surface area contributed by atoms with Crippen molar-refractivity contribution < 1.29 is 27.8 Å². The predicted molar refractivity (Wildman–Crippen MR) is 96.9 cm³/mol. The number of aliphatic hydroxyl groups is 1. The highest BCUT2D eigenvalue weighted by atomic mass is 19.4. The molecule has 1 aliphatic heterocycles. The Bertz CT molecular complexity index is 853. The maximum atomic E-state index is 13.1. The van der Waals surface area contributed by atoms with Crippen LogP contribution in [0.15, 0.2) is 48.5 Å². The summed E-state index contributed by atoms with van der Waals surface area (Å²) in [5.41, 5.74) is 1.33. The number of rotatable bonds is 2. The lowest BCUT2D eigenvalue weighted by Crippen LogP contribution is -2.58. The smallest absolute Gasteiger partial charge is 0.418 e. The third-order valence-electron chi connectivity index (χ3n) is 5.59. The number of likely N-dealkylation sites (tertiary alicyclic amines) is 1. The Hall–Kier alpha value is -2.54. The number of ether oxygens (including phenoxy) is 1. The van der Waals surface area contributed by atoms with Crippen LogP contribution in [0.25, 0.3) is 11.1 Å². The Morgan fingerprint density at radius 2 is 1.68 bits per heavy atom. The number of carbonyl (C=O) groups excluding carboxylic acids is 1. The largest absolute Gasteiger partial charge is 0.448 e. The molecule has 0 saturated carbocycles. The number of fused-ring (bicyclic) bond motifs is 3. The van der Waals surface area contributed by atoms with Gasteiger partial charge in [0.1, 0.15) is 6.61 Å². The Labute approximate surface area is 160 Å². The van der Waals surface area contributed by atoms with Crippen LogP contribution < -0.4 is 0 Å². The van der Waals surface area contributed by atoms with Crippen molar-refractivity contribution in [1.29, 1.82) is 0 Å². The van der Waals surface area contributed by atoms with Crippen molar-refractivity contribution in [2.75, 3.05) is 19.7 Å². The van der Waals surface area contributed by atoms with Gasteiger partial charge >= 0.3 is 12.3 Å². The summed E-state index contributed by atoms with van der Waals surface area (Å²) in [6.07, 6.45) is -5.96. The molecule has 1 saturated heterocycles. The van der Waals surface area contributed by atoms with Gasteiger partial charge in [0.05, 0.1) is 6.54 Å². The van der Waals surface area contributed by atoms with Crippen LogP contribution in [0.5, 0.6) is 0 Å². The quantitative estimate of drug-likeness (QED) is 0.829. The van der Waals surface area contributed by atoms with E-state index in [4.69, 9.17) is 4.74 Å². The first kappa shape index (κ1) is 18.8. The van der Waals surface area contributed by atoms with Crippen molar-refractivity contribution >= 4 is 6.09 Å². The topological polar surface area (TPSA) is 49.8 Å². The first-order chi connectivity index (χ1) is 13.3. The highest BCUT2D eigenvalue weighted by molar-refractivity contribution is 5.79. The summed E-state index contributed by atoms with van der Waals surface area (Å²) in [6.45, 7) is -0.629. The number of β-amino-alcohol motifs (C(OH)–C–C–N with tert-alkyl or cyclic N) is 1. The molecular weight excluding hydrogens is 371 g/mol. The van der Waals surface area contributed by atoms with Crippen LogP contribution in [0.1, 0.15) is 29.9 Å². The van der Waals surface area contributed by atoms with Gasteiger partial charge < -0.3 is 14.7 Å². The van der Waals surface area contributed by atoms with Gasteiger partial charge in [0.2, 0.25) is 0 Å². The molecule has 1 N–H and O–H groups in total. The molecule has 2 aliphatic rings. The van der Waals surface area contributed by atoms with Crippen molar-refractivity contribution in [2.24, 2.45) is 0 Å². The van der Waals surface area contributed by atoms with Gasteiger partial charge in [-0.25, -0.2) is 4.79 Å². The second-order valence-electron chi connectivity index (χ2n) is 7.36. The molecule has 1 fully saturated rings. The number of alkyl halides is 3. The van der Waals surface area contributed by atoms with E-state index in [1.165, 1.54) is 0 Å². The van der Waals surface area contributed by atoms with E-state index in [-0.39, 0.29) is 25.5 Å². The number of hydrogen-bond acceptors (Lipinski definition) is 3. The van der Waals surface area contributed by atoms with E-state index in [1.54, 1.807) is 0 Å². The Morgan fingerprint density at radius 1 is 1.11 bits per heavy atom. The number of benzene rings is 2. The van der Waals surface area contributed by atoms with Crippen LogP contribution in [0, 0.1) is 0 Å². The van der Waals surface area contributed by atoms with Crippen molar-refractivity contribution in [3.05, 3.63) is 59.7 Å². The highest BCUT2D eigenvalue weighted by Gasteiger charge is 2.56. The summed E-state index contributed by atoms with van der Waals surface area (Å²) in [7, 11) is 0. The minimum atomic E-state index is -4.78. The summed E-state index contributed by atoms with van der Waals surface area (Å²) in [4.78, 5) is 13.4. The fourth-order valence-electron chi connectivity index (χ4n) is 4.11. The standard InChI is InChI=1S/C21H20F3NO3/c22-21(23,24)20(27)10-5-11-25(13-20)19(26)28-12-18-16-8-3-1-6-14(16)15-7-2-4-9-17(15)18/h1-4,6-9,18,27H,5,10-13H2. The van der Waals surface area contributed by atoms with Crippen LogP contribution in [0.2, 0.25) is 0 Å². The number of amides is 1. The minimum Gasteiger partial charge on any atom is -0.448 e. The summed E-state index contributed by atoms with van der Waals surface area (Å²) in [6, 6.07) is 15.6. The van der Waals surface area contributed by atoms with Crippen LogP contribution in [0.3, 0.4) is 0 Å². The Kier molecular flexibility index (Phi) is 4.57. The molecule has 0 bridgehead atoms. The first-order valence-electron chi connectivity index (χ1n) is 9.19. The van der Waals surface area contributed by atoms with Gasteiger partial charge in [0.15, 0.2) is 5.60 Å².